The van der Waals surface area contributed by atoms with Crippen LogP contribution in [0.2, 0.25) is 0 Å². The van der Waals surface area contributed by atoms with Gasteiger partial charge in [-0.2, -0.15) is 10.2 Å². The highest BCUT2D eigenvalue weighted by Crippen LogP contribution is 2.32. The number of hydrogen-bond acceptors (Lipinski definition) is 4. The number of benzene rings is 1. The van der Waals surface area contributed by atoms with Crippen molar-refractivity contribution in [3.05, 3.63) is 72.3 Å². The standard InChI is InChI=1S/C21H21FN6/c1-13-5-6-16(10-14(2)22)17(9-13)20-19(12-24-27-20)26-15(3)18-11-25-28-8-4-7-23-21(18)28/h4-9,11-12,14,26H,3,10H2,1-2H3,(H,24,27). The Morgan fingerprint density at radius 2 is 2.21 bits per heavy atom. The van der Waals surface area contributed by atoms with Gasteiger partial charge in [0.15, 0.2) is 5.65 Å². The van der Waals surface area contributed by atoms with E-state index >= 15 is 0 Å². The fraction of sp³-hybridized carbons (Fsp3) is 0.190. The number of aromatic amines is 1. The predicted octanol–water partition coefficient (Wildman–Crippen LogP) is 4.41. The molecule has 7 heteroatoms. The van der Waals surface area contributed by atoms with Crippen molar-refractivity contribution in [2.45, 2.75) is 26.4 Å². The summed E-state index contributed by atoms with van der Waals surface area (Å²) in [5.41, 5.74) is 6.68. The molecule has 0 radical (unpaired) electrons. The van der Waals surface area contributed by atoms with Gasteiger partial charge in [0.2, 0.25) is 0 Å². The maximum atomic E-state index is 13.7. The van der Waals surface area contributed by atoms with Crippen LogP contribution >= 0.6 is 0 Å². The van der Waals surface area contributed by atoms with E-state index in [2.05, 4.69) is 32.2 Å². The third-order valence-corrected chi connectivity index (χ3v) is 4.57. The summed E-state index contributed by atoms with van der Waals surface area (Å²) in [5.74, 6) is 0. The minimum atomic E-state index is -0.930. The predicted molar refractivity (Wildman–Crippen MR) is 109 cm³/mol. The van der Waals surface area contributed by atoms with E-state index in [-0.39, 0.29) is 0 Å². The van der Waals surface area contributed by atoms with Gasteiger partial charge >= 0.3 is 0 Å². The van der Waals surface area contributed by atoms with Gasteiger partial charge in [0.1, 0.15) is 6.17 Å². The summed E-state index contributed by atoms with van der Waals surface area (Å²) >= 11 is 0. The molecule has 4 rings (SSSR count). The lowest BCUT2D eigenvalue weighted by Gasteiger charge is -2.13. The van der Waals surface area contributed by atoms with Crippen molar-refractivity contribution in [1.82, 2.24) is 24.8 Å². The van der Waals surface area contributed by atoms with Crippen molar-refractivity contribution in [2.24, 2.45) is 0 Å². The molecule has 6 nitrogen and oxygen atoms in total. The van der Waals surface area contributed by atoms with Crippen LogP contribution in [0.25, 0.3) is 22.6 Å². The molecule has 142 valence electrons. The topological polar surface area (TPSA) is 70.9 Å². The molecule has 0 fully saturated rings. The summed E-state index contributed by atoms with van der Waals surface area (Å²) in [6.45, 7) is 7.72. The average Bonchev–Trinajstić information content (AvgIpc) is 3.29. The number of H-pyrrole nitrogens is 1. The Morgan fingerprint density at radius 3 is 3.04 bits per heavy atom. The number of rotatable bonds is 6. The van der Waals surface area contributed by atoms with E-state index in [9.17, 15) is 4.39 Å². The summed E-state index contributed by atoms with van der Waals surface area (Å²) in [6, 6.07) is 7.82. The monoisotopic (exact) mass is 376 g/mol. The Hall–Kier alpha value is -3.48. The van der Waals surface area contributed by atoms with Crippen LogP contribution in [0.3, 0.4) is 0 Å². The number of fused-ring (bicyclic) bond motifs is 1. The third kappa shape index (κ3) is 3.38. The number of hydrogen-bond donors (Lipinski definition) is 2. The fourth-order valence-corrected chi connectivity index (χ4v) is 3.26. The van der Waals surface area contributed by atoms with Crippen LogP contribution in [0.1, 0.15) is 23.6 Å². The lowest BCUT2D eigenvalue weighted by molar-refractivity contribution is 0.360. The lowest BCUT2D eigenvalue weighted by Crippen LogP contribution is -2.03. The first kappa shape index (κ1) is 17.9. The van der Waals surface area contributed by atoms with E-state index in [0.717, 1.165) is 33.6 Å². The first-order chi connectivity index (χ1) is 13.5. The maximum Gasteiger partial charge on any atom is 0.164 e. The zero-order chi connectivity index (χ0) is 19.7. The Balaban J connectivity index is 1.69. The van der Waals surface area contributed by atoms with Crippen molar-refractivity contribution in [3.63, 3.8) is 0 Å². The highest BCUT2D eigenvalue weighted by molar-refractivity contribution is 5.87. The zero-order valence-electron chi connectivity index (χ0n) is 15.8. The van der Waals surface area contributed by atoms with Gasteiger partial charge in [0.05, 0.1) is 29.3 Å². The van der Waals surface area contributed by atoms with Crippen LogP contribution in [0.4, 0.5) is 10.1 Å². The Kier molecular flexibility index (Phi) is 4.65. The first-order valence-electron chi connectivity index (χ1n) is 9.05. The molecular formula is C21H21FN6. The molecule has 0 saturated carbocycles. The Labute approximate surface area is 162 Å². The number of aromatic nitrogens is 5. The summed E-state index contributed by atoms with van der Waals surface area (Å²) < 4.78 is 15.4. The second-order valence-electron chi connectivity index (χ2n) is 6.85. The van der Waals surface area contributed by atoms with Crippen LogP contribution in [0.15, 0.2) is 55.6 Å². The number of aryl methyl sites for hydroxylation is 1. The molecule has 0 amide bonds. The molecule has 2 N–H and O–H groups in total. The molecule has 1 unspecified atom stereocenters. The van der Waals surface area contributed by atoms with Gasteiger partial charge < -0.3 is 5.32 Å². The second-order valence-corrected chi connectivity index (χ2v) is 6.85. The molecule has 3 heterocycles. The number of halogens is 1. The summed E-state index contributed by atoms with van der Waals surface area (Å²) in [5, 5.41) is 14.8. The van der Waals surface area contributed by atoms with Crippen molar-refractivity contribution >= 4 is 17.0 Å². The molecule has 0 saturated heterocycles. The number of nitrogens with one attached hydrogen (secondary N) is 2. The van der Waals surface area contributed by atoms with Crippen LogP contribution in [-0.2, 0) is 6.42 Å². The molecule has 0 spiro atoms. The number of nitrogens with zero attached hydrogens (tertiary/aromatic N) is 4. The van der Waals surface area contributed by atoms with Gasteiger partial charge in [-0.3, -0.25) is 5.10 Å². The summed E-state index contributed by atoms with van der Waals surface area (Å²) in [6.07, 6.45) is 6.38. The van der Waals surface area contributed by atoms with Gasteiger partial charge in [0, 0.05) is 30.1 Å². The maximum absolute atomic E-state index is 13.7. The minimum Gasteiger partial charge on any atom is -0.352 e. The van der Waals surface area contributed by atoms with E-state index in [4.69, 9.17) is 0 Å². The molecule has 28 heavy (non-hydrogen) atoms. The van der Waals surface area contributed by atoms with Crippen molar-refractivity contribution in [1.29, 1.82) is 0 Å². The molecule has 0 aliphatic heterocycles. The smallest absolute Gasteiger partial charge is 0.164 e. The van der Waals surface area contributed by atoms with Gasteiger partial charge in [-0.1, -0.05) is 24.3 Å². The van der Waals surface area contributed by atoms with Crippen LogP contribution < -0.4 is 5.32 Å². The van der Waals surface area contributed by atoms with Crippen molar-refractivity contribution in [3.8, 4) is 11.3 Å². The molecule has 1 aromatic carbocycles. The highest BCUT2D eigenvalue weighted by Gasteiger charge is 2.16. The van der Waals surface area contributed by atoms with Crippen molar-refractivity contribution in [2.75, 3.05) is 5.32 Å². The normalized spacial score (nSPS) is 12.2. The Bertz CT molecular complexity index is 1140. The van der Waals surface area contributed by atoms with E-state index in [1.807, 2.05) is 37.4 Å². The lowest BCUT2D eigenvalue weighted by atomic mass is 9.97. The van der Waals surface area contributed by atoms with E-state index in [0.29, 0.717) is 17.8 Å². The quantitative estimate of drug-likeness (QED) is 0.523. The second kappa shape index (κ2) is 7.26. The van der Waals surface area contributed by atoms with Crippen molar-refractivity contribution < 1.29 is 4.39 Å². The summed E-state index contributed by atoms with van der Waals surface area (Å²) in [7, 11) is 0. The molecule has 0 bridgehead atoms. The fourth-order valence-electron chi connectivity index (χ4n) is 3.26. The summed E-state index contributed by atoms with van der Waals surface area (Å²) in [4.78, 5) is 4.37. The Morgan fingerprint density at radius 1 is 1.36 bits per heavy atom. The molecule has 0 aliphatic carbocycles. The molecule has 4 aromatic rings. The van der Waals surface area contributed by atoms with Gasteiger partial charge in [-0.15, -0.1) is 0 Å². The van der Waals surface area contributed by atoms with E-state index in [1.165, 1.54) is 0 Å². The third-order valence-electron chi connectivity index (χ3n) is 4.57. The molecule has 1 atom stereocenters. The molecule has 3 aromatic heterocycles. The number of anilines is 1. The van der Waals surface area contributed by atoms with Crippen LogP contribution in [-0.4, -0.2) is 31.0 Å². The van der Waals surface area contributed by atoms with Gasteiger partial charge in [-0.05, 0) is 31.5 Å². The largest absolute Gasteiger partial charge is 0.352 e. The van der Waals surface area contributed by atoms with Gasteiger partial charge in [-0.25, -0.2) is 13.9 Å². The minimum absolute atomic E-state index is 0.340. The molecule has 0 aliphatic rings. The highest BCUT2D eigenvalue weighted by atomic mass is 19.1. The average molecular weight is 376 g/mol. The van der Waals surface area contributed by atoms with E-state index in [1.54, 1.807) is 30.0 Å². The number of alkyl halides is 1. The van der Waals surface area contributed by atoms with Crippen LogP contribution in [0, 0.1) is 6.92 Å². The van der Waals surface area contributed by atoms with Crippen LogP contribution in [0.5, 0.6) is 0 Å². The molecular weight excluding hydrogens is 355 g/mol. The van der Waals surface area contributed by atoms with E-state index < -0.39 is 6.17 Å². The SMILES string of the molecule is C=C(Nc1cn[nH]c1-c1cc(C)ccc1CC(C)F)c1cnn2cccnc12. The first-order valence-corrected chi connectivity index (χ1v) is 9.05. The zero-order valence-corrected chi connectivity index (χ0v) is 15.8. The van der Waals surface area contributed by atoms with Gasteiger partial charge in [0.25, 0.3) is 0 Å².